The van der Waals surface area contributed by atoms with Gasteiger partial charge in [-0.1, -0.05) is 58.6 Å². The highest BCUT2D eigenvalue weighted by atomic mass is 35.5. The van der Waals surface area contributed by atoms with Crippen molar-refractivity contribution in [3.8, 4) is 11.5 Å². The number of aromatic nitrogens is 2. The first-order valence-electron chi connectivity index (χ1n) is 7.69. The minimum absolute atomic E-state index is 0.0100. The van der Waals surface area contributed by atoms with Crippen LogP contribution in [0.5, 0.6) is 0 Å². The third kappa shape index (κ3) is 3.27. The number of rotatable bonds is 3. The summed E-state index contributed by atoms with van der Waals surface area (Å²) in [6, 6.07) is 18.4. The Balaban J connectivity index is 1.58. The molecule has 5 nitrogen and oxygen atoms in total. The lowest BCUT2D eigenvalue weighted by Gasteiger charge is -2.03. The Labute approximate surface area is 158 Å². The number of halogens is 2. The first-order valence-corrected chi connectivity index (χ1v) is 8.45. The van der Waals surface area contributed by atoms with Crippen molar-refractivity contribution in [2.24, 2.45) is 0 Å². The Bertz CT molecular complexity index is 1120. The van der Waals surface area contributed by atoms with Crippen LogP contribution in [0.4, 0.5) is 6.01 Å². The highest BCUT2D eigenvalue weighted by Crippen LogP contribution is 2.25. The van der Waals surface area contributed by atoms with Crippen molar-refractivity contribution in [3.05, 3.63) is 76.3 Å². The molecule has 3 aromatic carbocycles. The molecule has 0 radical (unpaired) electrons. The molecular formula is C19H11Cl2N3O2. The van der Waals surface area contributed by atoms with E-state index in [4.69, 9.17) is 27.6 Å². The molecule has 0 unspecified atom stereocenters. The third-order valence-corrected chi connectivity index (χ3v) is 4.37. The van der Waals surface area contributed by atoms with Crippen molar-refractivity contribution in [1.82, 2.24) is 10.2 Å². The minimum Gasteiger partial charge on any atom is -0.403 e. The van der Waals surface area contributed by atoms with Gasteiger partial charge in [0.15, 0.2) is 0 Å². The van der Waals surface area contributed by atoms with E-state index in [2.05, 4.69) is 15.5 Å². The topological polar surface area (TPSA) is 68.0 Å². The summed E-state index contributed by atoms with van der Waals surface area (Å²) in [5, 5.41) is 13.3. The van der Waals surface area contributed by atoms with Crippen molar-refractivity contribution in [2.75, 3.05) is 5.32 Å². The van der Waals surface area contributed by atoms with E-state index in [-0.39, 0.29) is 16.6 Å². The maximum absolute atomic E-state index is 12.3. The van der Waals surface area contributed by atoms with Gasteiger partial charge in [0.2, 0.25) is 5.89 Å². The van der Waals surface area contributed by atoms with Crippen molar-refractivity contribution >= 4 is 45.9 Å². The molecule has 1 heterocycles. The van der Waals surface area contributed by atoms with Gasteiger partial charge in [-0.3, -0.25) is 10.1 Å². The van der Waals surface area contributed by atoms with Crippen molar-refractivity contribution in [2.45, 2.75) is 0 Å². The smallest absolute Gasteiger partial charge is 0.322 e. The summed E-state index contributed by atoms with van der Waals surface area (Å²) in [6.07, 6.45) is 0. The fraction of sp³-hybridized carbons (Fsp3) is 0. The summed E-state index contributed by atoms with van der Waals surface area (Å²) in [4.78, 5) is 12.3. The lowest BCUT2D eigenvalue weighted by atomic mass is 10.1. The van der Waals surface area contributed by atoms with Crippen LogP contribution in [0.25, 0.3) is 22.2 Å². The molecule has 0 bridgehead atoms. The van der Waals surface area contributed by atoms with Gasteiger partial charge in [-0.25, -0.2) is 0 Å². The van der Waals surface area contributed by atoms with Gasteiger partial charge in [0.25, 0.3) is 5.91 Å². The maximum atomic E-state index is 12.3. The van der Waals surface area contributed by atoms with Crippen LogP contribution in [0.2, 0.25) is 10.0 Å². The largest absolute Gasteiger partial charge is 0.403 e. The Hall–Kier alpha value is -2.89. The summed E-state index contributed by atoms with van der Waals surface area (Å²) in [6.45, 7) is 0. The van der Waals surface area contributed by atoms with E-state index in [1.54, 1.807) is 6.07 Å². The summed E-state index contributed by atoms with van der Waals surface area (Å²) in [5.74, 6) is -0.145. The molecule has 1 N–H and O–H groups in total. The van der Waals surface area contributed by atoms with E-state index in [9.17, 15) is 4.79 Å². The van der Waals surface area contributed by atoms with Gasteiger partial charge < -0.3 is 4.42 Å². The van der Waals surface area contributed by atoms with E-state index in [0.717, 1.165) is 16.3 Å². The number of nitrogens with one attached hydrogen (secondary N) is 1. The molecule has 0 aliphatic heterocycles. The molecule has 0 aliphatic carbocycles. The standard InChI is InChI=1S/C19H11Cl2N3O2/c20-14-7-8-15(16(21)10-14)17(25)22-19-24-23-18(26-19)13-6-5-11-3-1-2-4-12(11)9-13/h1-10H,(H,22,24,25). The molecule has 7 heteroatoms. The van der Waals surface area contributed by atoms with Crippen LogP contribution in [0.1, 0.15) is 10.4 Å². The number of amides is 1. The quantitative estimate of drug-likeness (QED) is 0.510. The van der Waals surface area contributed by atoms with Crippen molar-refractivity contribution in [1.29, 1.82) is 0 Å². The van der Waals surface area contributed by atoms with Gasteiger partial charge in [-0.15, -0.1) is 5.10 Å². The van der Waals surface area contributed by atoms with Crippen LogP contribution in [0.15, 0.2) is 65.1 Å². The van der Waals surface area contributed by atoms with Gasteiger partial charge in [-0.2, -0.15) is 0 Å². The zero-order chi connectivity index (χ0) is 18.1. The number of benzene rings is 3. The fourth-order valence-electron chi connectivity index (χ4n) is 2.55. The number of fused-ring (bicyclic) bond motifs is 1. The number of nitrogens with zero attached hydrogens (tertiary/aromatic N) is 2. The van der Waals surface area contributed by atoms with Crippen LogP contribution in [-0.2, 0) is 0 Å². The molecule has 1 amide bonds. The van der Waals surface area contributed by atoms with E-state index in [0.29, 0.717) is 10.9 Å². The number of anilines is 1. The molecule has 1 aromatic heterocycles. The summed E-state index contributed by atoms with van der Waals surface area (Å²) < 4.78 is 5.55. The lowest BCUT2D eigenvalue weighted by Crippen LogP contribution is -2.12. The molecule has 26 heavy (non-hydrogen) atoms. The second-order valence-corrected chi connectivity index (χ2v) is 6.40. The van der Waals surface area contributed by atoms with Crippen LogP contribution >= 0.6 is 23.2 Å². The molecule has 0 atom stereocenters. The molecule has 0 fully saturated rings. The highest BCUT2D eigenvalue weighted by Gasteiger charge is 2.15. The van der Waals surface area contributed by atoms with Crippen LogP contribution in [0, 0.1) is 0 Å². The zero-order valence-corrected chi connectivity index (χ0v) is 14.8. The Morgan fingerprint density at radius 2 is 1.73 bits per heavy atom. The lowest BCUT2D eigenvalue weighted by molar-refractivity contribution is 0.102. The molecule has 0 saturated carbocycles. The monoisotopic (exact) mass is 383 g/mol. The Morgan fingerprint density at radius 3 is 2.54 bits per heavy atom. The average molecular weight is 384 g/mol. The van der Waals surface area contributed by atoms with Crippen molar-refractivity contribution in [3.63, 3.8) is 0 Å². The van der Waals surface area contributed by atoms with Crippen LogP contribution < -0.4 is 5.32 Å². The number of hydrogen-bond acceptors (Lipinski definition) is 4. The van der Waals surface area contributed by atoms with Gasteiger partial charge in [0.1, 0.15) is 0 Å². The molecule has 0 spiro atoms. The van der Waals surface area contributed by atoms with Gasteiger partial charge in [0, 0.05) is 10.6 Å². The Morgan fingerprint density at radius 1 is 0.923 bits per heavy atom. The molecule has 128 valence electrons. The predicted molar refractivity (Wildman–Crippen MR) is 102 cm³/mol. The Kier molecular flexibility index (Phi) is 4.32. The second kappa shape index (κ2) is 6.78. The summed E-state index contributed by atoms with van der Waals surface area (Å²) in [5.41, 5.74) is 1.03. The number of carbonyl (C=O) groups excluding carboxylic acids is 1. The third-order valence-electron chi connectivity index (χ3n) is 3.82. The van der Waals surface area contributed by atoms with Crippen LogP contribution in [-0.4, -0.2) is 16.1 Å². The van der Waals surface area contributed by atoms with E-state index < -0.39 is 5.91 Å². The average Bonchev–Trinajstić information content (AvgIpc) is 3.09. The predicted octanol–water partition coefficient (Wildman–Crippen LogP) is 5.45. The maximum Gasteiger partial charge on any atom is 0.322 e. The fourth-order valence-corrected chi connectivity index (χ4v) is 3.05. The van der Waals surface area contributed by atoms with Gasteiger partial charge in [0.05, 0.1) is 10.6 Å². The molecule has 0 aliphatic rings. The molecular weight excluding hydrogens is 373 g/mol. The zero-order valence-electron chi connectivity index (χ0n) is 13.2. The minimum atomic E-state index is -0.458. The van der Waals surface area contributed by atoms with Gasteiger partial charge in [-0.05, 0) is 41.1 Å². The summed E-state index contributed by atoms with van der Waals surface area (Å²) in [7, 11) is 0. The second-order valence-electron chi connectivity index (χ2n) is 5.55. The van der Waals surface area contributed by atoms with E-state index in [1.165, 1.54) is 12.1 Å². The first-order chi connectivity index (χ1) is 12.6. The normalized spacial score (nSPS) is 10.8. The highest BCUT2D eigenvalue weighted by molar-refractivity contribution is 6.37. The van der Waals surface area contributed by atoms with E-state index in [1.807, 2.05) is 42.5 Å². The first kappa shape index (κ1) is 16.6. The molecule has 0 saturated heterocycles. The van der Waals surface area contributed by atoms with E-state index >= 15 is 0 Å². The summed E-state index contributed by atoms with van der Waals surface area (Å²) >= 11 is 11.9. The number of hydrogen-bond donors (Lipinski definition) is 1. The van der Waals surface area contributed by atoms with Crippen molar-refractivity contribution < 1.29 is 9.21 Å². The van der Waals surface area contributed by atoms with Gasteiger partial charge >= 0.3 is 6.01 Å². The SMILES string of the molecule is O=C(Nc1nnc(-c2ccc3ccccc3c2)o1)c1ccc(Cl)cc1Cl. The van der Waals surface area contributed by atoms with Crippen LogP contribution in [0.3, 0.4) is 0 Å². The number of carbonyl (C=O) groups is 1. The molecule has 4 aromatic rings. The molecule has 4 rings (SSSR count).